The summed E-state index contributed by atoms with van der Waals surface area (Å²) < 4.78 is 0. The average Bonchev–Trinajstić information content (AvgIpc) is 2.48. The molecule has 3 amide bonds. The molecule has 0 heterocycles. The predicted molar refractivity (Wildman–Crippen MR) is 91.5 cm³/mol. The van der Waals surface area contributed by atoms with E-state index in [0.717, 1.165) is 6.42 Å². The predicted octanol–water partition coefficient (Wildman–Crippen LogP) is -2.36. The Balaban J connectivity index is 4.63. The van der Waals surface area contributed by atoms with Crippen molar-refractivity contribution in [1.29, 1.82) is 0 Å². The fraction of sp³-hybridized carbons (Fsp3) is 0.714. The first-order valence-electron chi connectivity index (χ1n) is 7.90. The highest BCUT2D eigenvalue weighted by molar-refractivity contribution is 5.91. The SMILES string of the molecule is CC(=O)N[C@@H](CCCCN)C(=O)N[C@@H](CCCN=C(N)N)C(N)=O. The van der Waals surface area contributed by atoms with Crippen molar-refractivity contribution in [3.8, 4) is 0 Å². The number of nitrogens with two attached hydrogens (primary N) is 4. The van der Waals surface area contributed by atoms with Gasteiger partial charge in [-0.1, -0.05) is 0 Å². The molecule has 0 aliphatic heterocycles. The highest BCUT2D eigenvalue weighted by Crippen LogP contribution is 2.04. The van der Waals surface area contributed by atoms with Crippen LogP contribution in [0.2, 0.25) is 0 Å². The number of hydrogen-bond acceptors (Lipinski definition) is 5. The van der Waals surface area contributed by atoms with Crippen molar-refractivity contribution in [2.45, 2.75) is 51.1 Å². The van der Waals surface area contributed by atoms with Crippen LogP contribution in [0.15, 0.2) is 4.99 Å². The molecule has 0 aromatic heterocycles. The van der Waals surface area contributed by atoms with Gasteiger partial charge in [0.05, 0.1) is 0 Å². The van der Waals surface area contributed by atoms with Gasteiger partial charge in [0, 0.05) is 13.5 Å². The van der Waals surface area contributed by atoms with Gasteiger partial charge in [0.25, 0.3) is 0 Å². The number of aliphatic imine (C=N–C) groups is 1. The van der Waals surface area contributed by atoms with Crippen LogP contribution in [0.3, 0.4) is 0 Å². The summed E-state index contributed by atoms with van der Waals surface area (Å²) in [4.78, 5) is 38.8. The molecule has 0 unspecified atom stereocenters. The van der Waals surface area contributed by atoms with Crippen molar-refractivity contribution in [3.63, 3.8) is 0 Å². The van der Waals surface area contributed by atoms with Crippen LogP contribution >= 0.6 is 0 Å². The molecule has 0 radical (unpaired) electrons. The van der Waals surface area contributed by atoms with Crippen LogP contribution in [-0.4, -0.2) is 48.9 Å². The minimum absolute atomic E-state index is 0.0414. The Morgan fingerprint density at radius 1 is 0.958 bits per heavy atom. The summed E-state index contributed by atoms with van der Waals surface area (Å²) in [5.74, 6) is -1.48. The molecule has 10 heteroatoms. The molecule has 10 N–H and O–H groups in total. The topological polar surface area (TPSA) is 192 Å². The molecule has 10 nitrogen and oxygen atoms in total. The molecular formula is C14H29N7O3. The first kappa shape index (κ1) is 21.6. The zero-order valence-corrected chi connectivity index (χ0v) is 14.1. The number of nitrogens with one attached hydrogen (secondary N) is 2. The number of unbranched alkanes of at least 4 members (excludes halogenated alkanes) is 1. The van der Waals surface area contributed by atoms with Gasteiger partial charge in [-0.2, -0.15) is 0 Å². The molecule has 0 aromatic carbocycles. The fourth-order valence-electron chi connectivity index (χ4n) is 2.07. The molecule has 2 atom stereocenters. The molecule has 0 aromatic rings. The quantitative estimate of drug-likeness (QED) is 0.130. The van der Waals surface area contributed by atoms with Gasteiger partial charge in [-0.15, -0.1) is 0 Å². The van der Waals surface area contributed by atoms with Crippen LogP contribution in [0.4, 0.5) is 0 Å². The molecule has 0 aliphatic rings. The van der Waals surface area contributed by atoms with Crippen LogP contribution in [0.25, 0.3) is 0 Å². The monoisotopic (exact) mass is 343 g/mol. The van der Waals surface area contributed by atoms with E-state index in [-0.39, 0.29) is 11.9 Å². The Hall–Kier alpha value is -2.36. The van der Waals surface area contributed by atoms with Crippen molar-refractivity contribution < 1.29 is 14.4 Å². The first-order valence-corrected chi connectivity index (χ1v) is 7.90. The third-order valence-corrected chi connectivity index (χ3v) is 3.25. The molecule has 0 saturated heterocycles. The number of amides is 3. The van der Waals surface area contributed by atoms with Crippen molar-refractivity contribution in [3.05, 3.63) is 0 Å². The smallest absolute Gasteiger partial charge is 0.243 e. The van der Waals surface area contributed by atoms with Gasteiger partial charge in [0.2, 0.25) is 17.7 Å². The minimum Gasteiger partial charge on any atom is -0.370 e. The number of primary amides is 1. The van der Waals surface area contributed by atoms with Crippen molar-refractivity contribution in [2.75, 3.05) is 13.1 Å². The third-order valence-electron chi connectivity index (χ3n) is 3.25. The largest absolute Gasteiger partial charge is 0.370 e. The summed E-state index contributed by atoms with van der Waals surface area (Å²) in [6, 6.07) is -1.58. The maximum Gasteiger partial charge on any atom is 0.243 e. The Kier molecular flexibility index (Phi) is 10.9. The molecule has 0 aliphatic carbocycles. The molecular weight excluding hydrogens is 314 g/mol. The maximum atomic E-state index is 12.3. The van der Waals surface area contributed by atoms with E-state index in [4.69, 9.17) is 22.9 Å². The lowest BCUT2D eigenvalue weighted by molar-refractivity contribution is -0.131. The second kappa shape index (κ2) is 12.1. The van der Waals surface area contributed by atoms with Crippen LogP contribution in [0.1, 0.15) is 39.0 Å². The number of nitrogens with zero attached hydrogens (tertiary/aromatic N) is 1. The van der Waals surface area contributed by atoms with E-state index in [1.165, 1.54) is 6.92 Å². The van der Waals surface area contributed by atoms with Gasteiger partial charge in [0.15, 0.2) is 5.96 Å². The van der Waals surface area contributed by atoms with Gasteiger partial charge >= 0.3 is 0 Å². The number of guanidine groups is 1. The molecule has 0 spiro atoms. The lowest BCUT2D eigenvalue weighted by atomic mass is 10.1. The van der Waals surface area contributed by atoms with E-state index in [2.05, 4.69) is 15.6 Å². The van der Waals surface area contributed by atoms with E-state index < -0.39 is 23.9 Å². The summed E-state index contributed by atoms with van der Waals surface area (Å²) in [6.07, 6.45) is 2.63. The van der Waals surface area contributed by atoms with Crippen LogP contribution in [-0.2, 0) is 14.4 Å². The normalized spacial score (nSPS) is 12.8. The zero-order chi connectivity index (χ0) is 18.5. The Bertz CT molecular complexity index is 450. The average molecular weight is 343 g/mol. The second-order valence-electron chi connectivity index (χ2n) is 5.45. The summed E-state index contributed by atoms with van der Waals surface area (Å²) in [5.41, 5.74) is 21.2. The Morgan fingerprint density at radius 2 is 1.58 bits per heavy atom. The van der Waals surface area contributed by atoms with Crippen LogP contribution < -0.4 is 33.6 Å². The fourth-order valence-corrected chi connectivity index (χ4v) is 2.07. The summed E-state index contributed by atoms with van der Waals surface area (Å²) >= 11 is 0. The Morgan fingerprint density at radius 3 is 2.08 bits per heavy atom. The first-order chi connectivity index (χ1) is 11.3. The van der Waals surface area contributed by atoms with Crippen LogP contribution in [0.5, 0.6) is 0 Å². The van der Waals surface area contributed by atoms with Gasteiger partial charge in [0.1, 0.15) is 12.1 Å². The minimum atomic E-state index is -0.850. The molecule has 24 heavy (non-hydrogen) atoms. The van der Waals surface area contributed by atoms with E-state index in [0.29, 0.717) is 38.8 Å². The number of carbonyl (C=O) groups excluding carboxylic acids is 3. The number of carbonyl (C=O) groups is 3. The molecule has 0 rings (SSSR count). The zero-order valence-electron chi connectivity index (χ0n) is 14.1. The second-order valence-corrected chi connectivity index (χ2v) is 5.45. The van der Waals surface area contributed by atoms with Crippen LogP contribution in [0, 0.1) is 0 Å². The lowest BCUT2D eigenvalue weighted by Gasteiger charge is -2.21. The highest BCUT2D eigenvalue weighted by Gasteiger charge is 2.24. The number of rotatable bonds is 12. The summed E-state index contributed by atoms with van der Waals surface area (Å²) in [6.45, 7) is 2.15. The molecule has 0 fully saturated rings. The van der Waals surface area contributed by atoms with Gasteiger partial charge in [-0.25, -0.2) is 0 Å². The van der Waals surface area contributed by atoms with E-state index in [1.807, 2.05) is 0 Å². The van der Waals surface area contributed by atoms with E-state index in [1.54, 1.807) is 0 Å². The standard InChI is InChI=1S/C14H29N7O3/c1-9(22)20-11(5-2-3-7-15)13(24)21-10(12(16)23)6-4-8-19-14(17)18/h10-11H,2-8,15H2,1H3,(H2,16,23)(H,20,22)(H,21,24)(H4,17,18,19)/t10-,11-/m0/s1. The number of hydrogen-bond donors (Lipinski definition) is 6. The van der Waals surface area contributed by atoms with Crippen molar-refractivity contribution >= 4 is 23.7 Å². The maximum absolute atomic E-state index is 12.3. The highest BCUT2D eigenvalue weighted by atomic mass is 16.2. The molecule has 0 saturated carbocycles. The van der Waals surface area contributed by atoms with Gasteiger partial charge in [-0.05, 0) is 38.6 Å². The third kappa shape index (κ3) is 10.4. The lowest BCUT2D eigenvalue weighted by Crippen LogP contribution is -2.52. The van der Waals surface area contributed by atoms with Crippen molar-refractivity contribution in [2.24, 2.45) is 27.9 Å². The van der Waals surface area contributed by atoms with Gasteiger partial charge in [-0.3, -0.25) is 19.4 Å². The van der Waals surface area contributed by atoms with E-state index >= 15 is 0 Å². The summed E-state index contributed by atoms with van der Waals surface area (Å²) in [7, 11) is 0. The van der Waals surface area contributed by atoms with Crippen molar-refractivity contribution in [1.82, 2.24) is 10.6 Å². The molecule has 138 valence electrons. The summed E-state index contributed by atoms with van der Waals surface area (Å²) in [5, 5.41) is 5.13. The molecule has 0 bridgehead atoms. The van der Waals surface area contributed by atoms with Gasteiger partial charge < -0.3 is 33.6 Å². The Labute approximate surface area is 141 Å². The van der Waals surface area contributed by atoms with E-state index in [9.17, 15) is 14.4 Å².